The lowest BCUT2D eigenvalue weighted by atomic mass is 9.58. The minimum atomic E-state index is -0.441. The van der Waals surface area contributed by atoms with Gasteiger partial charge in [0, 0.05) is 25.0 Å². The van der Waals surface area contributed by atoms with Crippen LogP contribution in [0.4, 0.5) is 4.79 Å². The van der Waals surface area contributed by atoms with E-state index in [1.165, 1.54) is 0 Å². The Morgan fingerprint density at radius 3 is 2.64 bits per heavy atom. The second-order valence-corrected chi connectivity index (χ2v) is 8.30. The predicted molar refractivity (Wildman–Crippen MR) is 93.6 cm³/mol. The van der Waals surface area contributed by atoms with Crippen LogP contribution in [0.2, 0.25) is 0 Å². The van der Waals surface area contributed by atoms with Crippen molar-refractivity contribution in [2.75, 3.05) is 19.6 Å². The molecule has 1 saturated heterocycles. The molecule has 7 heteroatoms. The average Bonchev–Trinajstić information content (AvgIpc) is 3.27. The van der Waals surface area contributed by atoms with Crippen LogP contribution in [0.25, 0.3) is 0 Å². The topological polar surface area (TPSA) is 80.2 Å². The Bertz CT molecular complexity index is 660. The minimum absolute atomic E-state index is 0.0553. The van der Waals surface area contributed by atoms with Crippen LogP contribution in [0.5, 0.6) is 0 Å². The summed E-state index contributed by atoms with van der Waals surface area (Å²) in [5, 5.41) is 17.5. The first-order valence-electron chi connectivity index (χ1n) is 9.69. The molecule has 0 aromatic rings. The van der Waals surface area contributed by atoms with Crippen LogP contribution in [0.15, 0.2) is 16.5 Å². The number of hydrogen-bond acceptors (Lipinski definition) is 5. The molecule has 0 spiro atoms. The zero-order chi connectivity index (χ0) is 17.2. The number of amides is 2. The first-order valence-corrected chi connectivity index (χ1v) is 9.69. The molecule has 3 N–H and O–H groups in total. The maximum absolute atomic E-state index is 12.9. The molecule has 136 valence electrons. The third kappa shape index (κ3) is 2.08. The van der Waals surface area contributed by atoms with Crippen molar-refractivity contribution in [3.8, 4) is 0 Å². The molecular weight excluding hydrogens is 318 g/mol. The fourth-order valence-corrected chi connectivity index (χ4v) is 5.25. The number of amidine groups is 1. The zero-order valence-corrected chi connectivity index (χ0v) is 14.8. The van der Waals surface area contributed by atoms with E-state index in [2.05, 4.69) is 17.6 Å². The molecule has 3 aliphatic heterocycles. The van der Waals surface area contributed by atoms with Crippen LogP contribution >= 0.6 is 0 Å². The molecule has 2 bridgehead atoms. The Kier molecular flexibility index (Phi) is 3.18. The molecule has 1 unspecified atom stereocenters. The Morgan fingerprint density at radius 1 is 1.24 bits per heavy atom. The van der Waals surface area contributed by atoms with Crippen molar-refractivity contribution in [2.24, 2.45) is 10.4 Å². The smallest absolute Gasteiger partial charge is 0.327 e. The summed E-state index contributed by atoms with van der Waals surface area (Å²) in [4.78, 5) is 21.7. The van der Waals surface area contributed by atoms with E-state index in [4.69, 9.17) is 4.99 Å². The Hall–Kier alpha value is -1.76. The van der Waals surface area contributed by atoms with Crippen LogP contribution in [-0.2, 0) is 0 Å². The number of fused-ring (bicyclic) bond motifs is 5. The average molecular weight is 345 g/mol. The first kappa shape index (κ1) is 15.5. The van der Waals surface area contributed by atoms with Crippen LogP contribution < -0.4 is 10.6 Å². The Balaban J connectivity index is 1.51. The molecule has 4 fully saturated rings. The summed E-state index contributed by atoms with van der Waals surface area (Å²) in [6.07, 6.45) is 6.28. The third-order valence-corrected chi connectivity index (χ3v) is 6.86. The monoisotopic (exact) mass is 345 g/mol. The summed E-state index contributed by atoms with van der Waals surface area (Å²) in [5.74, 6) is 1.96. The minimum Gasteiger partial charge on any atom is -0.390 e. The van der Waals surface area contributed by atoms with Crippen molar-refractivity contribution in [2.45, 2.75) is 63.6 Å². The lowest BCUT2D eigenvalue weighted by molar-refractivity contribution is -0.0705. The molecule has 25 heavy (non-hydrogen) atoms. The quantitative estimate of drug-likeness (QED) is 0.721. The predicted octanol–water partition coefficient (Wildman–Crippen LogP) is 1.32. The van der Waals surface area contributed by atoms with Gasteiger partial charge in [-0.2, -0.15) is 0 Å². The first-order chi connectivity index (χ1) is 12.1. The maximum atomic E-state index is 12.9. The van der Waals surface area contributed by atoms with Gasteiger partial charge in [0.15, 0.2) is 6.17 Å². The van der Waals surface area contributed by atoms with Crippen molar-refractivity contribution in [3.63, 3.8) is 0 Å². The summed E-state index contributed by atoms with van der Waals surface area (Å²) in [5.41, 5.74) is 0.657. The highest BCUT2D eigenvalue weighted by Gasteiger charge is 2.54. The summed E-state index contributed by atoms with van der Waals surface area (Å²) in [6.45, 7) is 4.34. The van der Waals surface area contributed by atoms with Gasteiger partial charge in [-0.3, -0.25) is 9.80 Å². The van der Waals surface area contributed by atoms with Gasteiger partial charge in [0.05, 0.1) is 5.60 Å². The van der Waals surface area contributed by atoms with Gasteiger partial charge in [0.25, 0.3) is 0 Å². The summed E-state index contributed by atoms with van der Waals surface area (Å²) >= 11 is 0. The SMILES string of the molecule is CCCN1C(=O)N2CCNC2=C2NC(C34CCC(O)(CC3)CC4)=NC21. The van der Waals surface area contributed by atoms with Gasteiger partial charge >= 0.3 is 6.03 Å². The largest absolute Gasteiger partial charge is 0.390 e. The molecule has 0 radical (unpaired) electrons. The number of hydrogen-bond donors (Lipinski definition) is 3. The summed E-state index contributed by atoms with van der Waals surface area (Å²) in [7, 11) is 0. The molecule has 0 aromatic carbocycles. The second kappa shape index (κ2) is 5.13. The lowest BCUT2D eigenvalue weighted by Crippen LogP contribution is -2.54. The van der Waals surface area contributed by atoms with E-state index >= 15 is 0 Å². The van der Waals surface area contributed by atoms with Crippen LogP contribution in [0.1, 0.15) is 51.9 Å². The molecule has 3 heterocycles. The summed E-state index contributed by atoms with van der Waals surface area (Å²) in [6, 6.07) is 0.0709. The van der Waals surface area contributed by atoms with Crippen LogP contribution in [0, 0.1) is 5.41 Å². The van der Waals surface area contributed by atoms with Crippen molar-refractivity contribution in [3.05, 3.63) is 11.5 Å². The van der Waals surface area contributed by atoms with E-state index in [1.54, 1.807) is 0 Å². The number of carbonyl (C=O) groups is 1. The second-order valence-electron chi connectivity index (χ2n) is 8.30. The molecule has 7 nitrogen and oxygen atoms in total. The van der Waals surface area contributed by atoms with Crippen LogP contribution in [-0.4, -0.2) is 58.2 Å². The highest BCUT2D eigenvalue weighted by molar-refractivity contribution is 5.94. The van der Waals surface area contributed by atoms with E-state index in [1.807, 2.05) is 9.80 Å². The number of aliphatic imine (C=N–C) groups is 1. The van der Waals surface area contributed by atoms with Gasteiger partial charge < -0.3 is 15.7 Å². The van der Waals surface area contributed by atoms with E-state index in [0.29, 0.717) is 0 Å². The zero-order valence-electron chi connectivity index (χ0n) is 14.8. The highest BCUT2D eigenvalue weighted by Crippen LogP contribution is 2.53. The third-order valence-electron chi connectivity index (χ3n) is 6.86. The molecule has 6 rings (SSSR count). The van der Waals surface area contributed by atoms with Gasteiger partial charge in [-0.25, -0.2) is 9.79 Å². The molecule has 1 atom stereocenters. The number of nitrogens with one attached hydrogen (secondary N) is 2. The molecular formula is C18H27N5O2. The van der Waals surface area contributed by atoms with Gasteiger partial charge in [-0.15, -0.1) is 0 Å². The van der Waals surface area contributed by atoms with E-state index < -0.39 is 5.60 Å². The lowest BCUT2D eigenvalue weighted by Gasteiger charge is -2.50. The number of nitrogens with zero attached hydrogens (tertiary/aromatic N) is 3. The van der Waals surface area contributed by atoms with Crippen LogP contribution in [0.3, 0.4) is 0 Å². The number of urea groups is 1. The number of rotatable bonds is 3. The molecule has 3 saturated carbocycles. The van der Waals surface area contributed by atoms with Crippen molar-refractivity contribution in [1.82, 2.24) is 20.4 Å². The Morgan fingerprint density at radius 2 is 1.96 bits per heavy atom. The summed E-state index contributed by atoms with van der Waals surface area (Å²) < 4.78 is 0. The van der Waals surface area contributed by atoms with Gasteiger partial charge in [-0.05, 0) is 44.9 Å². The number of carbonyl (C=O) groups excluding carboxylic acids is 1. The molecule has 6 aliphatic rings. The van der Waals surface area contributed by atoms with Crippen molar-refractivity contribution < 1.29 is 9.90 Å². The van der Waals surface area contributed by atoms with Gasteiger partial charge in [-0.1, -0.05) is 6.92 Å². The molecule has 3 aliphatic carbocycles. The van der Waals surface area contributed by atoms with E-state index in [0.717, 1.165) is 81.9 Å². The highest BCUT2D eigenvalue weighted by atomic mass is 16.3. The maximum Gasteiger partial charge on any atom is 0.327 e. The normalized spacial score (nSPS) is 39.2. The van der Waals surface area contributed by atoms with Crippen molar-refractivity contribution >= 4 is 11.9 Å². The van der Waals surface area contributed by atoms with E-state index in [9.17, 15) is 9.90 Å². The van der Waals surface area contributed by atoms with Crippen molar-refractivity contribution in [1.29, 1.82) is 0 Å². The van der Waals surface area contributed by atoms with E-state index in [-0.39, 0.29) is 17.6 Å². The number of aliphatic hydroxyl groups is 1. The molecule has 0 aromatic heterocycles. The van der Waals surface area contributed by atoms with Gasteiger partial charge in [0.1, 0.15) is 17.4 Å². The molecule has 2 amide bonds. The Labute approximate surface area is 148 Å². The standard InChI is InChI=1S/C18H27N5O2/c1-2-10-22-14-12(13-19-9-11-23(13)16(22)24)20-15(21-14)17-3-6-18(25,7-4-17)8-5-17/h14,19,25H,2-11H2,1H3,(H,20,21). The fraction of sp³-hybridized carbons (Fsp3) is 0.778. The fourth-order valence-electron chi connectivity index (χ4n) is 5.25. The van der Waals surface area contributed by atoms with Gasteiger partial charge in [0.2, 0.25) is 0 Å².